The summed E-state index contributed by atoms with van der Waals surface area (Å²) in [6.45, 7) is 4.85. The number of allylic oxidation sites excluding steroid dienone is 1. The third-order valence-electron chi connectivity index (χ3n) is 6.54. The van der Waals surface area contributed by atoms with E-state index >= 15 is 0 Å². The zero-order chi connectivity index (χ0) is 32.2. The lowest BCUT2D eigenvalue weighted by Crippen LogP contribution is -2.49. The van der Waals surface area contributed by atoms with Crippen LogP contribution < -0.4 is 10.6 Å². The van der Waals surface area contributed by atoms with Crippen molar-refractivity contribution in [3.05, 3.63) is 76.5 Å². The first kappa shape index (κ1) is 32.1. The monoisotopic (exact) mass is 619 g/mol. The van der Waals surface area contributed by atoms with Gasteiger partial charge in [-0.3, -0.25) is 4.79 Å². The van der Waals surface area contributed by atoms with Crippen molar-refractivity contribution in [3.8, 4) is 11.5 Å². The quantitative estimate of drug-likeness (QED) is 0.209. The predicted octanol–water partition coefficient (Wildman–Crippen LogP) is 4.63. The average molecular weight is 620 g/mol. The van der Waals surface area contributed by atoms with Gasteiger partial charge in [0.25, 0.3) is 0 Å². The van der Waals surface area contributed by atoms with Crippen LogP contribution in [-0.2, 0) is 25.5 Å². The molecule has 0 fully saturated rings. The van der Waals surface area contributed by atoms with Gasteiger partial charge in [-0.2, -0.15) is 4.98 Å². The Kier molecular flexibility index (Phi) is 9.65. The number of carbonyl (C=O) groups is 3. The van der Waals surface area contributed by atoms with E-state index in [1.54, 1.807) is 20.8 Å². The molecule has 3 aromatic rings. The Morgan fingerprint density at radius 2 is 1.86 bits per heavy atom. The first-order chi connectivity index (χ1) is 20.7. The summed E-state index contributed by atoms with van der Waals surface area (Å²) in [4.78, 5) is 46.8. The van der Waals surface area contributed by atoms with Gasteiger partial charge in [-0.25, -0.2) is 32.1 Å². The topological polar surface area (TPSA) is 146 Å². The maximum absolute atomic E-state index is 14.6. The minimum absolute atomic E-state index is 0.00756. The molecule has 4 rings (SSSR count). The summed E-state index contributed by atoms with van der Waals surface area (Å²) in [5.74, 6) is -6.71. The molecule has 2 amide bonds. The standard InChI is InChI=1S/C29H29F4N5O6/c1-29(2,3)43-28(41)36-22(12-23-37-25(38-44-23)20-8-6-15(30)13-34-20)26(39)35-21-9-14(5-7-17(21)27(40)42-4)18-10-16(31)11-19(32)24(18)33/h6,8,10-11,13-14,22H,5,7,9,12H2,1-4H3,(H,35,39)(H,36,41). The van der Waals surface area contributed by atoms with Gasteiger partial charge < -0.3 is 24.6 Å². The van der Waals surface area contributed by atoms with Crippen LogP contribution in [0.25, 0.3) is 11.5 Å². The van der Waals surface area contributed by atoms with Crippen LogP contribution in [0.3, 0.4) is 0 Å². The Balaban J connectivity index is 1.62. The molecule has 0 saturated heterocycles. The number of halogens is 4. The summed E-state index contributed by atoms with van der Waals surface area (Å²) in [6, 6.07) is 2.34. The largest absolute Gasteiger partial charge is 0.466 e. The molecule has 0 radical (unpaired) electrons. The number of hydrogen-bond acceptors (Lipinski definition) is 9. The molecule has 0 spiro atoms. The highest BCUT2D eigenvalue weighted by atomic mass is 19.2. The van der Waals surface area contributed by atoms with Crippen LogP contribution in [0.5, 0.6) is 0 Å². The third-order valence-corrected chi connectivity index (χ3v) is 6.54. The van der Waals surface area contributed by atoms with Gasteiger partial charge in [0.05, 0.1) is 25.3 Å². The van der Waals surface area contributed by atoms with Crippen molar-refractivity contribution in [2.75, 3.05) is 7.11 Å². The van der Waals surface area contributed by atoms with Gasteiger partial charge in [-0.05, 0) is 69.7 Å². The zero-order valence-electron chi connectivity index (χ0n) is 24.2. The number of nitrogens with one attached hydrogen (secondary N) is 2. The summed E-state index contributed by atoms with van der Waals surface area (Å²) in [6.07, 6.45) is -0.417. The smallest absolute Gasteiger partial charge is 0.408 e. The molecule has 0 bridgehead atoms. The number of ether oxygens (including phenoxy) is 2. The second-order valence-electron chi connectivity index (χ2n) is 10.9. The number of aromatic nitrogens is 3. The van der Waals surface area contributed by atoms with Gasteiger partial charge in [0.1, 0.15) is 29.0 Å². The van der Waals surface area contributed by atoms with Gasteiger partial charge >= 0.3 is 12.1 Å². The molecule has 2 atom stereocenters. The molecule has 2 unspecified atom stereocenters. The molecule has 0 saturated carbocycles. The molecule has 234 valence electrons. The summed E-state index contributed by atoms with van der Waals surface area (Å²) < 4.78 is 71.2. The lowest BCUT2D eigenvalue weighted by atomic mass is 9.82. The van der Waals surface area contributed by atoms with Crippen molar-refractivity contribution >= 4 is 18.0 Å². The van der Waals surface area contributed by atoms with E-state index in [9.17, 15) is 31.9 Å². The van der Waals surface area contributed by atoms with E-state index in [2.05, 4.69) is 25.8 Å². The molecule has 11 nitrogen and oxygen atoms in total. The molecule has 0 aliphatic heterocycles. The van der Waals surface area contributed by atoms with Crippen molar-refractivity contribution in [3.63, 3.8) is 0 Å². The molecular weight excluding hydrogens is 590 g/mol. The first-order valence-corrected chi connectivity index (χ1v) is 13.4. The van der Waals surface area contributed by atoms with Crippen LogP contribution in [0.15, 0.2) is 46.3 Å². The minimum atomic E-state index is -1.41. The predicted molar refractivity (Wildman–Crippen MR) is 144 cm³/mol. The SMILES string of the molecule is COC(=O)C1=C(NC(=O)C(Cc2nc(-c3ccc(F)cn3)no2)NC(=O)OC(C)(C)C)CC(c2cc(F)cc(F)c2F)CC1. The Labute approximate surface area is 249 Å². The number of methoxy groups -OCH3 is 1. The Bertz CT molecular complexity index is 1590. The number of carbonyl (C=O) groups excluding carboxylic acids is 3. The van der Waals surface area contributed by atoms with E-state index in [1.165, 1.54) is 6.07 Å². The Morgan fingerprint density at radius 1 is 1.11 bits per heavy atom. The van der Waals surface area contributed by atoms with Crippen molar-refractivity contribution in [2.24, 2.45) is 0 Å². The van der Waals surface area contributed by atoms with E-state index in [-0.39, 0.29) is 59.9 Å². The fourth-order valence-electron chi connectivity index (χ4n) is 4.57. The Hall–Kier alpha value is -4.82. The molecule has 1 aliphatic carbocycles. The fraction of sp³-hybridized carbons (Fsp3) is 0.379. The Morgan fingerprint density at radius 3 is 2.52 bits per heavy atom. The highest BCUT2D eigenvalue weighted by molar-refractivity contribution is 5.92. The third kappa shape index (κ3) is 7.96. The molecule has 2 heterocycles. The number of hydrogen-bond donors (Lipinski definition) is 2. The second kappa shape index (κ2) is 13.2. The van der Waals surface area contributed by atoms with Crippen molar-refractivity contribution in [2.45, 2.75) is 64.0 Å². The van der Waals surface area contributed by atoms with Crippen molar-refractivity contribution in [1.82, 2.24) is 25.8 Å². The molecule has 2 N–H and O–H groups in total. The van der Waals surface area contributed by atoms with E-state index in [1.807, 2.05) is 0 Å². The minimum Gasteiger partial charge on any atom is -0.466 e. The maximum atomic E-state index is 14.6. The summed E-state index contributed by atoms with van der Waals surface area (Å²) >= 11 is 0. The number of esters is 1. The summed E-state index contributed by atoms with van der Waals surface area (Å²) in [5.41, 5.74) is -0.912. The zero-order valence-corrected chi connectivity index (χ0v) is 24.2. The van der Waals surface area contributed by atoms with E-state index in [0.717, 1.165) is 25.4 Å². The number of alkyl carbamates (subject to hydrolysis) is 1. The summed E-state index contributed by atoms with van der Waals surface area (Å²) in [7, 11) is 1.14. The fourth-order valence-corrected chi connectivity index (χ4v) is 4.57. The van der Waals surface area contributed by atoms with Crippen molar-refractivity contribution < 1.29 is 45.9 Å². The number of amides is 2. The highest BCUT2D eigenvalue weighted by Gasteiger charge is 2.33. The van der Waals surface area contributed by atoms with Crippen LogP contribution in [0.4, 0.5) is 22.4 Å². The molecule has 15 heteroatoms. The normalized spacial score (nSPS) is 15.9. The van der Waals surface area contributed by atoms with E-state index in [0.29, 0.717) is 6.07 Å². The van der Waals surface area contributed by atoms with Crippen LogP contribution in [0.1, 0.15) is 57.4 Å². The van der Waals surface area contributed by atoms with Gasteiger partial charge in [0.15, 0.2) is 11.6 Å². The molecule has 2 aromatic heterocycles. The van der Waals surface area contributed by atoms with Crippen molar-refractivity contribution in [1.29, 1.82) is 0 Å². The van der Waals surface area contributed by atoms with Gasteiger partial charge in [0.2, 0.25) is 17.6 Å². The number of benzene rings is 1. The van der Waals surface area contributed by atoms with Gasteiger partial charge in [-0.15, -0.1) is 0 Å². The molecule has 44 heavy (non-hydrogen) atoms. The van der Waals surface area contributed by atoms with Gasteiger partial charge in [-0.1, -0.05) is 5.16 Å². The second-order valence-corrected chi connectivity index (χ2v) is 10.9. The first-order valence-electron chi connectivity index (χ1n) is 13.4. The lowest BCUT2D eigenvalue weighted by Gasteiger charge is -2.28. The average Bonchev–Trinajstić information content (AvgIpc) is 3.42. The van der Waals surface area contributed by atoms with Crippen LogP contribution >= 0.6 is 0 Å². The summed E-state index contributed by atoms with van der Waals surface area (Å²) in [5, 5.41) is 8.79. The molecule has 1 aromatic carbocycles. The van der Waals surface area contributed by atoms with E-state index < -0.39 is 58.8 Å². The lowest BCUT2D eigenvalue weighted by molar-refractivity contribution is -0.136. The van der Waals surface area contributed by atoms with E-state index in [4.69, 9.17) is 14.0 Å². The maximum Gasteiger partial charge on any atom is 0.408 e. The number of nitrogens with zero attached hydrogens (tertiary/aromatic N) is 3. The van der Waals surface area contributed by atoms with Crippen LogP contribution in [0.2, 0.25) is 0 Å². The number of pyridine rings is 1. The van der Waals surface area contributed by atoms with Crippen LogP contribution in [0, 0.1) is 23.3 Å². The van der Waals surface area contributed by atoms with Crippen LogP contribution in [-0.4, -0.2) is 51.8 Å². The van der Waals surface area contributed by atoms with Gasteiger partial charge in [0, 0.05) is 11.8 Å². The molecule has 1 aliphatic rings. The molecular formula is C29H29F4N5O6. The highest BCUT2D eigenvalue weighted by Crippen LogP contribution is 2.38. The number of rotatable bonds is 8.